The monoisotopic (exact) mass is 240 g/mol. The zero-order valence-electron chi connectivity index (χ0n) is 11.5. The fourth-order valence-corrected chi connectivity index (χ4v) is 3.52. The third kappa shape index (κ3) is 3.23. The first kappa shape index (κ1) is 13.4. The van der Waals surface area contributed by atoms with Gasteiger partial charge in [-0.25, -0.2) is 0 Å². The first-order valence-corrected chi connectivity index (χ1v) is 7.44. The van der Waals surface area contributed by atoms with Gasteiger partial charge in [-0.2, -0.15) is 0 Å². The molecule has 2 rings (SSSR count). The molecule has 2 unspecified atom stereocenters. The van der Waals surface area contributed by atoms with Crippen LogP contribution < -0.4 is 0 Å². The van der Waals surface area contributed by atoms with Crippen LogP contribution in [0.5, 0.6) is 0 Å². The Kier molecular flexibility index (Phi) is 4.48. The molecule has 2 heteroatoms. The van der Waals surface area contributed by atoms with Crippen LogP contribution in [0.1, 0.15) is 65.2 Å². The van der Waals surface area contributed by atoms with E-state index in [1.807, 2.05) is 0 Å². The summed E-state index contributed by atoms with van der Waals surface area (Å²) in [7, 11) is 0. The molecule has 17 heavy (non-hydrogen) atoms. The molecule has 2 aliphatic rings. The molecule has 1 saturated heterocycles. The highest BCUT2D eigenvalue weighted by molar-refractivity contribution is 4.91. The van der Waals surface area contributed by atoms with E-state index in [1.165, 1.54) is 44.9 Å². The van der Waals surface area contributed by atoms with E-state index in [4.69, 9.17) is 4.74 Å². The maximum absolute atomic E-state index is 9.40. The second-order valence-corrected chi connectivity index (χ2v) is 6.44. The van der Waals surface area contributed by atoms with E-state index in [0.29, 0.717) is 24.5 Å². The third-order valence-electron chi connectivity index (χ3n) is 4.85. The molecule has 1 aliphatic carbocycles. The summed E-state index contributed by atoms with van der Waals surface area (Å²) in [6, 6.07) is 0. The van der Waals surface area contributed by atoms with Crippen molar-refractivity contribution in [2.75, 3.05) is 6.61 Å². The topological polar surface area (TPSA) is 29.5 Å². The number of hydrogen-bond acceptors (Lipinski definition) is 2. The number of ether oxygens (including phenoxy) is 1. The molecular weight excluding hydrogens is 212 g/mol. The molecule has 2 atom stereocenters. The van der Waals surface area contributed by atoms with Crippen LogP contribution in [-0.2, 0) is 4.74 Å². The molecule has 2 fully saturated rings. The predicted molar refractivity (Wildman–Crippen MR) is 70.0 cm³/mol. The largest absolute Gasteiger partial charge is 0.396 e. The van der Waals surface area contributed by atoms with Crippen molar-refractivity contribution in [3.63, 3.8) is 0 Å². The number of hydrogen-bond donors (Lipinski definition) is 1. The van der Waals surface area contributed by atoms with Crippen molar-refractivity contribution in [3.05, 3.63) is 0 Å². The summed E-state index contributed by atoms with van der Waals surface area (Å²) in [4.78, 5) is 0. The van der Waals surface area contributed by atoms with E-state index in [1.54, 1.807) is 0 Å². The first-order valence-electron chi connectivity index (χ1n) is 7.44. The van der Waals surface area contributed by atoms with Crippen LogP contribution in [0.15, 0.2) is 0 Å². The van der Waals surface area contributed by atoms with Gasteiger partial charge in [0.25, 0.3) is 0 Å². The van der Waals surface area contributed by atoms with Crippen molar-refractivity contribution >= 4 is 0 Å². The SMILES string of the molecule is CC(C)C(CO)CC1CCC2(CCCCC2)O1. The maximum atomic E-state index is 9.40. The number of rotatable bonds is 4. The van der Waals surface area contributed by atoms with Crippen LogP contribution in [-0.4, -0.2) is 23.4 Å². The average molecular weight is 240 g/mol. The lowest BCUT2D eigenvalue weighted by molar-refractivity contribution is -0.0736. The highest BCUT2D eigenvalue weighted by Gasteiger charge is 2.41. The molecule has 0 aromatic carbocycles. The molecule has 2 nitrogen and oxygen atoms in total. The highest BCUT2D eigenvalue weighted by atomic mass is 16.5. The van der Waals surface area contributed by atoms with Gasteiger partial charge in [0.1, 0.15) is 0 Å². The zero-order chi connectivity index (χ0) is 12.3. The van der Waals surface area contributed by atoms with Crippen LogP contribution in [0, 0.1) is 11.8 Å². The van der Waals surface area contributed by atoms with Crippen molar-refractivity contribution in [2.24, 2.45) is 11.8 Å². The zero-order valence-corrected chi connectivity index (χ0v) is 11.5. The summed E-state index contributed by atoms with van der Waals surface area (Å²) in [5, 5.41) is 9.40. The van der Waals surface area contributed by atoms with Gasteiger partial charge in [0.2, 0.25) is 0 Å². The molecular formula is C15H28O2. The summed E-state index contributed by atoms with van der Waals surface area (Å²) >= 11 is 0. The standard InChI is InChI=1S/C15H28O2/c1-12(2)13(11-16)10-14-6-9-15(17-14)7-4-3-5-8-15/h12-14,16H,3-11H2,1-2H3. The summed E-state index contributed by atoms with van der Waals surface area (Å²) in [6.45, 7) is 4.71. The minimum Gasteiger partial charge on any atom is -0.396 e. The second kappa shape index (κ2) is 5.71. The van der Waals surface area contributed by atoms with Crippen LogP contribution in [0.3, 0.4) is 0 Å². The Bertz CT molecular complexity index is 231. The minimum absolute atomic E-state index is 0.236. The summed E-state index contributed by atoms with van der Waals surface area (Å²) in [5.41, 5.74) is 0.236. The summed E-state index contributed by atoms with van der Waals surface area (Å²) in [5.74, 6) is 0.977. The Morgan fingerprint density at radius 2 is 1.88 bits per heavy atom. The predicted octanol–water partition coefficient (Wildman–Crippen LogP) is 3.52. The fraction of sp³-hybridized carbons (Fsp3) is 1.00. The van der Waals surface area contributed by atoms with Gasteiger partial charge < -0.3 is 9.84 Å². The minimum atomic E-state index is 0.236. The molecule has 100 valence electrons. The Morgan fingerprint density at radius 1 is 1.18 bits per heavy atom. The molecule has 1 spiro atoms. The molecule has 1 N–H and O–H groups in total. The van der Waals surface area contributed by atoms with Crippen molar-refractivity contribution < 1.29 is 9.84 Å². The van der Waals surface area contributed by atoms with Crippen molar-refractivity contribution in [1.29, 1.82) is 0 Å². The molecule has 0 bridgehead atoms. The van der Waals surface area contributed by atoms with Crippen LogP contribution in [0.25, 0.3) is 0 Å². The molecule has 0 aromatic rings. The second-order valence-electron chi connectivity index (χ2n) is 6.44. The van der Waals surface area contributed by atoms with E-state index in [0.717, 1.165) is 6.42 Å². The Labute approximate surface area is 106 Å². The van der Waals surface area contributed by atoms with Gasteiger partial charge >= 0.3 is 0 Å². The van der Waals surface area contributed by atoms with Gasteiger partial charge in [-0.3, -0.25) is 0 Å². The molecule has 0 radical (unpaired) electrons. The lowest BCUT2D eigenvalue weighted by atomic mass is 9.83. The summed E-state index contributed by atoms with van der Waals surface area (Å²) in [6.07, 6.45) is 10.6. The van der Waals surface area contributed by atoms with E-state index in [-0.39, 0.29) is 5.60 Å². The third-order valence-corrected chi connectivity index (χ3v) is 4.85. The molecule has 0 aromatic heterocycles. The lowest BCUT2D eigenvalue weighted by Gasteiger charge is -2.34. The Morgan fingerprint density at radius 3 is 2.47 bits per heavy atom. The average Bonchev–Trinajstić information content (AvgIpc) is 2.70. The van der Waals surface area contributed by atoms with Gasteiger partial charge in [0.15, 0.2) is 0 Å². The smallest absolute Gasteiger partial charge is 0.0687 e. The van der Waals surface area contributed by atoms with Crippen molar-refractivity contribution in [3.8, 4) is 0 Å². The van der Waals surface area contributed by atoms with Gasteiger partial charge in [0.05, 0.1) is 11.7 Å². The quantitative estimate of drug-likeness (QED) is 0.814. The molecule has 1 aliphatic heterocycles. The van der Waals surface area contributed by atoms with E-state index in [9.17, 15) is 5.11 Å². The van der Waals surface area contributed by atoms with E-state index in [2.05, 4.69) is 13.8 Å². The first-order chi connectivity index (χ1) is 8.15. The number of aliphatic hydroxyl groups is 1. The fourth-order valence-electron chi connectivity index (χ4n) is 3.52. The van der Waals surface area contributed by atoms with Crippen LogP contribution in [0.4, 0.5) is 0 Å². The van der Waals surface area contributed by atoms with Gasteiger partial charge in [0, 0.05) is 6.61 Å². The van der Waals surface area contributed by atoms with Crippen molar-refractivity contribution in [2.45, 2.75) is 76.9 Å². The normalized spacial score (nSPS) is 30.0. The van der Waals surface area contributed by atoms with Crippen molar-refractivity contribution in [1.82, 2.24) is 0 Å². The number of aliphatic hydroxyl groups excluding tert-OH is 1. The van der Waals surface area contributed by atoms with Gasteiger partial charge in [-0.05, 0) is 43.9 Å². The highest BCUT2D eigenvalue weighted by Crippen LogP contribution is 2.43. The van der Waals surface area contributed by atoms with Crippen LogP contribution >= 0.6 is 0 Å². The van der Waals surface area contributed by atoms with Crippen LogP contribution in [0.2, 0.25) is 0 Å². The Balaban J connectivity index is 1.84. The molecule has 1 saturated carbocycles. The maximum Gasteiger partial charge on any atom is 0.0687 e. The molecule has 0 amide bonds. The van der Waals surface area contributed by atoms with Gasteiger partial charge in [-0.15, -0.1) is 0 Å². The lowest BCUT2D eigenvalue weighted by Crippen LogP contribution is -2.32. The van der Waals surface area contributed by atoms with Gasteiger partial charge in [-0.1, -0.05) is 33.1 Å². The summed E-state index contributed by atoms with van der Waals surface area (Å²) < 4.78 is 6.36. The van der Waals surface area contributed by atoms with E-state index < -0.39 is 0 Å². The molecule has 1 heterocycles. The van der Waals surface area contributed by atoms with E-state index >= 15 is 0 Å². The Hall–Kier alpha value is -0.0800.